The van der Waals surface area contributed by atoms with Gasteiger partial charge < -0.3 is 19.5 Å². The maximum atomic E-state index is 13.0. The minimum absolute atomic E-state index is 0.0570. The molecule has 0 aliphatic carbocycles. The van der Waals surface area contributed by atoms with E-state index in [4.69, 9.17) is 9.47 Å². The summed E-state index contributed by atoms with van der Waals surface area (Å²) in [4.78, 5) is 23.7. The van der Waals surface area contributed by atoms with Crippen LogP contribution in [0.15, 0.2) is 77.4 Å². The average molecular weight is 474 g/mol. The summed E-state index contributed by atoms with van der Waals surface area (Å²) >= 11 is 0. The van der Waals surface area contributed by atoms with Crippen molar-refractivity contribution in [3.8, 4) is 5.75 Å². The fourth-order valence-electron chi connectivity index (χ4n) is 3.75. The number of hydrogen-bond acceptors (Lipinski definition) is 7. The molecule has 0 spiro atoms. The molecule has 0 saturated heterocycles. The van der Waals surface area contributed by atoms with Crippen LogP contribution in [0.1, 0.15) is 37.3 Å². The molecule has 1 N–H and O–H groups in total. The Labute approximate surface area is 195 Å². The molecule has 0 bridgehead atoms. The Balaban J connectivity index is 1.81. The van der Waals surface area contributed by atoms with Gasteiger partial charge in [0, 0.05) is 5.56 Å². The summed E-state index contributed by atoms with van der Waals surface area (Å²) in [7, 11) is 0. The van der Waals surface area contributed by atoms with Crippen molar-refractivity contribution in [1.82, 2.24) is 5.32 Å². The number of halogens is 2. The number of nitro groups is 1. The lowest BCUT2D eigenvalue weighted by Gasteiger charge is -2.27. The van der Waals surface area contributed by atoms with Crippen molar-refractivity contribution in [2.45, 2.75) is 39.2 Å². The Morgan fingerprint density at radius 1 is 1.09 bits per heavy atom. The van der Waals surface area contributed by atoms with E-state index in [0.29, 0.717) is 18.5 Å². The summed E-state index contributed by atoms with van der Waals surface area (Å²) in [6.07, 6.45) is 0.179. The third-order valence-corrected chi connectivity index (χ3v) is 5.17. The van der Waals surface area contributed by atoms with Crippen molar-refractivity contribution < 1.29 is 32.7 Å². The first-order valence-corrected chi connectivity index (χ1v) is 10.5. The number of aryl methyl sites for hydroxylation is 1. The van der Waals surface area contributed by atoms with Crippen LogP contribution in [0.2, 0.25) is 0 Å². The number of nitrogens with one attached hydrogen (secondary N) is 1. The van der Waals surface area contributed by atoms with Gasteiger partial charge in [-0.3, -0.25) is 10.1 Å². The van der Waals surface area contributed by atoms with E-state index >= 15 is 0 Å². The molecule has 1 unspecified atom stereocenters. The molecule has 1 aliphatic rings. The maximum absolute atomic E-state index is 13.0. The van der Waals surface area contributed by atoms with E-state index in [1.807, 2.05) is 30.3 Å². The van der Waals surface area contributed by atoms with Crippen LogP contribution >= 0.6 is 0 Å². The summed E-state index contributed by atoms with van der Waals surface area (Å²) in [5.41, 5.74) is 1.27. The van der Waals surface area contributed by atoms with Gasteiger partial charge in [0.25, 0.3) is 5.70 Å². The van der Waals surface area contributed by atoms with Gasteiger partial charge in [-0.05, 0) is 38.3 Å². The number of nitrogens with zero attached hydrogens (tertiary/aromatic N) is 1. The normalized spacial score (nSPS) is 15.7. The number of carbonyl (C=O) groups is 1. The summed E-state index contributed by atoms with van der Waals surface area (Å²) in [5.74, 6) is -1.67. The van der Waals surface area contributed by atoms with Gasteiger partial charge in [0.1, 0.15) is 17.4 Å². The first-order valence-electron chi connectivity index (χ1n) is 10.5. The van der Waals surface area contributed by atoms with Gasteiger partial charge in [-0.25, -0.2) is 4.79 Å². The molecule has 1 aliphatic heterocycles. The standard InChI is InChI=1S/C24H24F2N2O6/c1-15-21(28(30)31)20(18-12-6-7-13-19(18)33-23(25)26)22(16(2)27-15)34-24(29)32-14-8-11-17-9-4-3-5-10-17/h3-7,9-10,12-13,20,23,27H,8,11,14H2,1-2H3. The zero-order chi connectivity index (χ0) is 24.7. The molecule has 8 nitrogen and oxygen atoms in total. The number of allylic oxidation sites excluding steroid dienone is 2. The average Bonchev–Trinajstić information content (AvgIpc) is 2.79. The molecule has 1 heterocycles. The summed E-state index contributed by atoms with van der Waals surface area (Å²) in [6.45, 7) is -0.0395. The monoisotopic (exact) mass is 474 g/mol. The van der Waals surface area contributed by atoms with E-state index in [1.54, 1.807) is 6.92 Å². The third kappa shape index (κ3) is 6.09. The predicted octanol–water partition coefficient (Wildman–Crippen LogP) is 5.50. The first-order chi connectivity index (χ1) is 16.3. The van der Waals surface area contributed by atoms with E-state index in [9.17, 15) is 23.7 Å². The van der Waals surface area contributed by atoms with Gasteiger partial charge in [0.2, 0.25) is 0 Å². The molecule has 2 aromatic carbocycles. The molecule has 0 radical (unpaired) electrons. The Morgan fingerprint density at radius 3 is 2.44 bits per heavy atom. The molecule has 0 fully saturated rings. The smallest absolute Gasteiger partial charge is 0.435 e. The van der Waals surface area contributed by atoms with Gasteiger partial charge in [-0.1, -0.05) is 48.5 Å². The molecule has 34 heavy (non-hydrogen) atoms. The molecular weight excluding hydrogens is 450 g/mol. The zero-order valence-electron chi connectivity index (χ0n) is 18.6. The van der Waals surface area contributed by atoms with Crippen LogP contribution in [0.5, 0.6) is 5.75 Å². The Hall–Kier alpha value is -3.95. The van der Waals surface area contributed by atoms with E-state index < -0.39 is 23.6 Å². The molecule has 10 heteroatoms. The highest BCUT2D eigenvalue weighted by Gasteiger charge is 2.41. The van der Waals surface area contributed by atoms with E-state index in [2.05, 4.69) is 10.1 Å². The van der Waals surface area contributed by atoms with Gasteiger partial charge in [-0.2, -0.15) is 8.78 Å². The first kappa shape index (κ1) is 24.7. The van der Waals surface area contributed by atoms with Crippen molar-refractivity contribution >= 4 is 6.16 Å². The van der Waals surface area contributed by atoms with Crippen molar-refractivity contribution in [3.63, 3.8) is 0 Å². The number of benzene rings is 2. The number of hydrogen-bond donors (Lipinski definition) is 1. The second-order valence-corrected chi connectivity index (χ2v) is 7.52. The number of carbonyl (C=O) groups excluding carboxylic acids is 1. The number of dihydropyridines is 1. The summed E-state index contributed by atoms with van der Waals surface area (Å²) in [6, 6.07) is 15.3. The quantitative estimate of drug-likeness (QED) is 0.222. The van der Waals surface area contributed by atoms with E-state index in [-0.39, 0.29) is 35.1 Å². The van der Waals surface area contributed by atoms with E-state index in [1.165, 1.54) is 31.2 Å². The lowest BCUT2D eigenvalue weighted by atomic mass is 9.89. The van der Waals surface area contributed by atoms with Crippen LogP contribution in [-0.4, -0.2) is 24.3 Å². The summed E-state index contributed by atoms with van der Waals surface area (Å²) in [5, 5.41) is 14.7. The molecule has 3 rings (SSSR count). The van der Waals surface area contributed by atoms with E-state index in [0.717, 1.165) is 5.56 Å². The molecule has 2 aromatic rings. The van der Waals surface area contributed by atoms with Crippen molar-refractivity contribution in [3.05, 3.63) is 98.7 Å². The zero-order valence-corrected chi connectivity index (χ0v) is 18.6. The Kier molecular flexibility index (Phi) is 8.18. The minimum atomic E-state index is -3.14. The topological polar surface area (TPSA) is 99.9 Å². The number of rotatable bonds is 9. The van der Waals surface area contributed by atoms with Crippen LogP contribution < -0.4 is 10.1 Å². The number of alkyl halides is 2. The van der Waals surface area contributed by atoms with Crippen molar-refractivity contribution in [1.29, 1.82) is 0 Å². The van der Waals surface area contributed by atoms with Gasteiger partial charge in [0.05, 0.1) is 22.9 Å². The van der Waals surface area contributed by atoms with Crippen molar-refractivity contribution in [2.75, 3.05) is 6.61 Å². The third-order valence-electron chi connectivity index (χ3n) is 5.17. The molecule has 0 amide bonds. The largest absolute Gasteiger partial charge is 0.513 e. The second-order valence-electron chi connectivity index (χ2n) is 7.52. The van der Waals surface area contributed by atoms with Gasteiger partial charge >= 0.3 is 12.8 Å². The predicted molar refractivity (Wildman–Crippen MR) is 119 cm³/mol. The Morgan fingerprint density at radius 2 is 1.76 bits per heavy atom. The number of para-hydroxylation sites is 1. The van der Waals surface area contributed by atoms with Crippen LogP contribution in [0.25, 0.3) is 0 Å². The Bertz CT molecular complexity index is 1100. The molecule has 0 saturated carbocycles. The second kappa shape index (κ2) is 11.3. The van der Waals surface area contributed by atoms with Gasteiger partial charge in [0.15, 0.2) is 0 Å². The molecule has 0 aromatic heterocycles. The van der Waals surface area contributed by atoms with Crippen LogP contribution in [0, 0.1) is 10.1 Å². The fourth-order valence-corrected chi connectivity index (χ4v) is 3.75. The lowest BCUT2D eigenvalue weighted by Crippen LogP contribution is -2.30. The van der Waals surface area contributed by atoms with Crippen molar-refractivity contribution in [2.24, 2.45) is 0 Å². The highest BCUT2D eigenvalue weighted by atomic mass is 19.3. The fraction of sp³-hybridized carbons (Fsp3) is 0.292. The SMILES string of the molecule is CC1=C(OC(=O)OCCCc2ccccc2)C(c2ccccc2OC(F)F)C([N+](=O)[O-])=C(C)N1. The molecule has 180 valence electrons. The van der Waals surface area contributed by atoms with Crippen LogP contribution in [-0.2, 0) is 15.9 Å². The maximum Gasteiger partial charge on any atom is 0.513 e. The highest BCUT2D eigenvalue weighted by Crippen LogP contribution is 2.42. The molecule has 1 atom stereocenters. The minimum Gasteiger partial charge on any atom is -0.435 e. The highest BCUT2D eigenvalue weighted by molar-refractivity contribution is 5.63. The van der Waals surface area contributed by atoms with Crippen LogP contribution in [0.4, 0.5) is 13.6 Å². The lowest BCUT2D eigenvalue weighted by molar-refractivity contribution is -0.431. The summed E-state index contributed by atoms with van der Waals surface area (Å²) < 4.78 is 41.1. The number of ether oxygens (including phenoxy) is 3. The van der Waals surface area contributed by atoms with Gasteiger partial charge in [-0.15, -0.1) is 0 Å². The molecular formula is C24H24F2N2O6. The van der Waals surface area contributed by atoms with Crippen LogP contribution in [0.3, 0.4) is 0 Å².